The lowest BCUT2D eigenvalue weighted by molar-refractivity contribution is -0.139. The highest BCUT2D eigenvalue weighted by Crippen LogP contribution is 2.34. The van der Waals surface area contributed by atoms with Crippen LogP contribution in [0.15, 0.2) is 63.5 Å². The van der Waals surface area contributed by atoms with Crippen LogP contribution in [0.25, 0.3) is 6.08 Å². The summed E-state index contributed by atoms with van der Waals surface area (Å²) in [4.78, 5) is 31.7. The summed E-state index contributed by atoms with van der Waals surface area (Å²) >= 11 is 7.78. The smallest absolute Gasteiger partial charge is 0.338 e. The third-order valence-corrected chi connectivity index (χ3v) is 6.83. The number of methoxy groups -OCH3 is 1. The van der Waals surface area contributed by atoms with E-state index in [9.17, 15) is 9.59 Å². The van der Waals surface area contributed by atoms with E-state index in [0.29, 0.717) is 49.3 Å². The summed E-state index contributed by atoms with van der Waals surface area (Å²) in [6.07, 6.45) is 1.78. The number of ether oxygens (including phenoxy) is 3. The molecule has 7 nitrogen and oxygen atoms in total. The number of hydrogen-bond donors (Lipinski definition) is 0. The van der Waals surface area contributed by atoms with Gasteiger partial charge in [-0.25, -0.2) is 9.79 Å². The van der Waals surface area contributed by atoms with E-state index in [1.165, 1.54) is 15.9 Å². The predicted molar refractivity (Wildman–Crippen MR) is 136 cm³/mol. The van der Waals surface area contributed by atoms with E-state index in [2.05, 4.69) is 4.99 Å². The zero-order chi connectivity index (χ0) is 25.1. The Bertz CT molecular complexity index is 1490. The molecule has 1 aliphatic rings. The number of allylic oxidation sites excluding steroid dienone is 1. The van der Waals surface area contributed by atoms with Crippen molar-refractivity contribution in [3.05, 3.63) is 89.6 Å². The molecule has 2 aromatic carbocycles. The van der Waals surface area contributed by atoms with E-state index in [4.69, 9.17) is 25.8 Å². The van der Waals surface area contributed by atoms with Gasteiger partial charge in [-0.15, -0.1) is 0 Å². The molecule has 0 radical (unpaired) electrons. The molecule has 1 aromatic heterocycles. The van der Waals surface area contributed by atoms with Crippen molar-refractivity contribution < 1.29 is 19.0 Å². The number of carbonyl (C=O) groups excluding carboxylic acids is 1. The normalized spacial score (nSPS) is 15.5. The zero-order valence-corrected chi connectivity index (χ0v) is 21.4. The lowest BCUT2D eigenvalue weighted by atomic mass is 9.96. The molecule has 0 aliphatic carbocycles. The minimum absolute atomic E-state index is 0.203. The van der Waals surface area contributed by atoms with Crippen molar-refractivity contribution in [2.45, 2.75) is 26.8 Å². The van der Waals surface area contributed by atoms with Gasteiger partial charge in [0.2, 0.25) is 0 Å². The molecule has 0 bridgehead atoms. The van der Waals surface area contributed by atoms with Gasteiger partial charge in [-0.05, 0) is 56.2 Å². The molecule has 0 fully saturated rings. The first-order chi connectivity index (χ1) is 16.9. The Labute approximate surface area is 211 Å². The van der Waals surface area contributed by atoms with Gasteiger partial charge in [0.1, 0.15) is 6.04 Å². The summed E-state index contributed by atoms with van der Waals surface area (Å²) in [7, 11) is 1.58. The van der Waals surface area contributed by atoms with Crippen LogP contribution in [-0.4, -0.2) is 30.9 Å². The molecule has 0 saturated heterocycles. The Hall–Kier alpha value is -3.36. The molecule has 0 N–H and O–H groups in total. The Balaban J connectivity index is 1.93. The molecule has 4 rings (SSSR count). The molecule has 2 heterocycles. The molecule has 1 atom stereocenters. The monoisotopic (exact) mass is 512 g/mol. The molecule has 9 heteroatoms. The molecule has 0 spiro atoms. The maximum absolute atomic E-state index is 13.7. The fraction of sp³-hybridized carbons (Fsp3) is 0.269. The number of rotatable bonds is 7. The Morgan fingerprint density at radius 3 is 2.63 bits per heavy atom. The highest BCUT2D eigenvalue weighted by atomic mass is 35.5. The molecule has 0 amide bonds. The van der Waals surface area contributed by atoms with E-state index >= 15 is 0 Å². The first-order valence-electron chi connectivity index (χ1n) is 11.1. The van der Waals surface area contributed by atoms with Gasteiger partial charge < -0.3 is 14.2 Å². The van der Waals surface area contributed by atoms with Crippen LogP contribution in [0.4, 0.5) is 0 Å². The molecule has 1 unspecified atom stereocenters. The first-order valence-corrected chi connectivity index (χ1v) is 12.3. The van der Waals surface area contributed by atoms with Crippen molar-refractivity contribution in [1.29, 1.82) is 0 Å². The van der Waals surface area contributed by atoms with Crippen molar-refractivity contribution in [1.82, 2.24) is 4.57 Å². The van der Waals surface area contributed by atoms with E-state index in [1.807, 2.05) is 25.1 Å². The van der Waals surface area contributed by atoms with E-state index in [-0.39, 0.29) is 12.2 Å². The van der Waals surface area contributed by atoms with Gasteiger partial charge in [-0.1, -0.05) is 47.2 Å². The summed E-state index contributed by atoms with van der Waals surface area (Å²) < 4.78 is 18.3. The predicted octanol–water partition coefficient (Wildman–Crippen LogP) is 3.86. The van der Waals surface area contributed by atoms with Crippen molar-refractivity contribution in [3.63, 3.8) is 0 Å². The second-order valence-corrected chi connectivity index (χ2v) is 9.08. The molecular formula is C26H25ClN2O5S. The van der Waals surface area contributed by atoms with Crippen molar-refractivity contribution >= 4 is 35.0 Å². The molecule has 3 aromatic rings. The van der Waals surface area contributed by atoms with Crippen LogP contribution in [-0.2, 0) is 9.53 Å². The minimum atomic E-state index is -0.754. The molecule has 0 saturated carbocycles. The van der Waals surface area contributed by atoms with Crippen molar-refractivity contribution in [3.8, 4) is 11.5 Å². The number of aromatic nitrogens is 1. The fourth-order valence-electron chi connectivity index (χ4n) is 3.99. The summed E-state index contributed by atoms with van der Waals surface area (Å²) in [5.74, 6) is 0.675. The highest BCUT2D eigenvalue weighted by Gasteiger charge is 2.34. The Morgan fingerprint density at radius 2 is 1.94 bits per heavy atom. The average Bonchev–Trinajstić information content (AvgIpc) is 3.13. The quantitative estimate of drug-likeness (QED) is 0.449. The van der Waals surface area contributed by atoms with Crippen LogP contribution < -0.4 is 24.4 Å². The topological polar surface area (TPSA) is 79.1 Å². The number of carbonyl (C=O) groups is 1. The summed E-state index contributed by atoms with van der Waals surface area (Å²) in [5, 5.41) is 0.445. The second kappa shape index (κ2) is 10.5. The van der Waals surface area contributed by atoms with Crippen molar-refractivity contribution in [2.75, 3.05) is 20.3 Å². The average molecular weight is 513 g/mol. The second-order valence-electron chi connectivity index (χ2n) is 7.67. The number of fused-ring (bicyclic) bond motifs is 1. The van der Waals surface area contributed by atoms with Crippen LogP contribution in [0.3, 0.4) is 0 Å². The van der Waals surface area contributed by atoms with Crippen LogP contribution in [0.1, 0.15) is 37.9 Å². The lowest BCUT2D eigenvalue weighted by Gasteiger charge is -2.25. The van der Waals surface area contributed by atoms with Crippen LogP contribution >= 0.6 is 22.9 Å². The largest absolute Gasteiger partial charge is 0.493 e. The summed E-state index contributed by atoms with van der Waals surface area (Å²) in [5.41, 5.74) is 1.91. The van der Waals surface area contributed by atoms with Crippen LogP contribution in [0, 0.1) is 0 Å². The number of thiazole rings is 1. The summed E-state index contributed by atoms with van der Waals surface area (Å²) in [6.45, 7) is 6.05. The van der Waals surface area contributed by atoms with Crippen LogP contribution in [0.2, 0.25) is 5.02 Å². The third-order valence-electron chi connectivity index (χ3n) is 5.50. The van der Waals surface area contributed by atoms with E-state index in [0.717, 1.165) is 5.56 Å². The van der Waals surface area contributed by atoms with E-state index < -0.39 is 12.0 Å². The van der Waals surface area contributed by atoms with Gasteiger partial charge in [0.15, 0.2) is 16.3 Å². The standard InChI is InChI=1S/C26H25ClN2O5S/c1-5-33-20-13-16(11-12-19(20)32-4)14-21-24(30)29-23(17-9-7-8-10-18(17)27)22(25(31)34-6-2)15(3)28-26(29)35-21/h7-14,23H,5-6H2,1-4H3/b21-14-. The molecule has 182 valence electrons. The van der Waals surface area contributed by atoms with Crippen LogP contribution in [0.5, 0.6) is 11.5 Å². The van der Waals surface area contributed by atoms with E-state index in [1.54, 1.807) is 51.3 Å². The molecule has 35 heavy (non-hydrogen) atoms. The summed E-state index contributed by atoms with van der Waals surface area (Å²) in [6, 6.07) is 11.9. The SMILES string of the molecule is CCOC(=O)C1=C(C)N=c2s/c(=C\c3ccc(OC)c(OCC)c3)c(=O)n2C1c1ccccc1Cl. The molecular weight excluding hydrogens is 488 g/mol. The number of esters is 1. The van der Waals surface area contributed by atoms with Gasteiger partial charge in [0.05, 0.1) is 36.1 Å². The van der Waals surface area contributed by atoms with Gasteiger partial charge in [0, 0.05) is 5.02 Å². The Morgan fingerprint density at radius 1 is 1.17 bits per heavy atom. The van der Waals surface area contributed by atoms with Gasteiger partial charge >= 0.3 is 5.97 Å². The number of halogens is 1. The fourth-order valence-corrected chi connectivity index (χ4v) is 5.27. The maximum atomic E-state index is 13.7. The zero-order valence-electron chi connectivity index (χ0n) is 19.8. The highest BCUT2D eigenvalue weighted by molar-refractivity contribution is 7.07. The first kappa shape index (κ1) is 24.8. The van der Waals surface area contributed by atoms with Gasteiger partial charge in [0.25, 0.3) is 5.56 Å². The maximum Gasteiger partial charge on any atom is 0.338 e. The third kappa shape index (κ3) is 4.76. The lowest BCUT2D eigenvalue weighted by Crippen LogP contribution is -2.40. The van der Waals surface area contributed by atoms with Crippen molar-refractivity contribution in [2.24, 2.45) is 4.99 Å². The number of nitrogens with zero attached hydrogens (tertiary/aromatic N) is 2. The van der Waals surface area contributed by atoms with Gasteiger partial charge in [-0.3, -0.25) is 9.36 Å². The minimum Gasteiger partial charge on any atom is -0.493 e. The van der Waals surface area contributed by atoms with Gasteiger partial charge in [-0.2, -0.15) is 0 Å². The molecule has 1 aliphatic heterocycles. The number of benzene rings is 2. The number of hydrogen-bond acceptors (Lipinski definition) is 7. The Kier molecular flexibility index (Phi) is 7.42.